The summed E-state index contributed by atoms with van der Waals surface area (Å²) in [6.45, 7) is 5.31. The lowest BCUT2D eigenvalue weighted by atomic mass is 10.2. The molecule has 2 saturated heterocycles. The summed E-state index contributed by atoms with van der Waals surface area (Å²) in [6.07, 6.45) is 4.60. The predicted octanol–water partition coefficient (Wildman–Crippen LogP) is 1.08. The van der Waals surface area contributed by atoms with Crippen molar-refractivity contribution in [2.24, 2.45) is 0 Å². The van der Waals surface area contributed by atoms with Gasteiger partial charge in [0.05, 0.1) is 13.1 Å². The molecule has 0 saturated carbocycles. The molecule has 4 rings (SSSR count). The quantitative estimate of drug-likeness (QED) is 0.699. The summed E-state index contributed by atoms with van der Waals surface area (Å²) in [5.74, 6) is 1.02. The van der Waals surface area contributed by atoms with E-state index in [0.717, 1.165) is 39.0 Å². The molecule has 2 N–H and O–H groups in total. The van der Waals surface area contributed by atoms with Gasteiger partial charge in [-0.15, -0.1) is 0 Å². The van der Waals surface area contributed by atoms with E-state index >= 15 is 0 Å². The Hall–Kier alpha value is -2.85. The van der Waals surface area contributed by atoms with E-state index in [9.17, 15) is 14.4 Å². The van der Waals surface area contributed by atoms with Crippen molar-refractivity contribution < 1.29 is 23.9 Å². The van der Waals surface area contributed by atoms with E-state index in [4.69, 9.17) is 9.47 Å². The molecule has 32 heavy (non-hydrogen) atoms. The van der Waals surface area contributed by atoms with E-state index < -0.39 is 6.03 Å². The first-order chi connectivity index (χ1) is 15.6. The van der Waals surface area contributed by atoms with Crippen molar-refractivity contribution in [2.45, 2.75) is 25.7 Å². The van der Waals surface area contributed by atoms with Gasteiger partial charge >= 0.3 is 6.03 Å². The Balaban J connectivity index is 1.15. The fourth-order valence-electron chi connectivity index (χ4n) is 4.22. The monoisotopic (exact) mass is 445 g/mol. The third-order valence-corrected chi connectivity index (χ3v) is 6.03. The topological polar surface area (TPSA) is 103 Å². The van der Waals surface area contributed by atoms with Crippen molar-refractivity contribution in [2.75, 3.05) is 64.5 Å². The van der Waals surface area contributed by atoms with Gasteiger partial charge in [-0.1, -0.05) is 12.8 Å². The van der Waals surface area contributed by atoms with Crippen LogP contribution in [0.4, 0.5) is 10.5 Å². The van der Waals surface area contributed by atoms with Crippen LogP contribution in [0.2, 0.25) is 0 Å². The number of rotatable bonds is 5. The minimum atomic E-state index is -0.587. The van der Waals surface area contributed by atoms with E-state index in [1.165, 1.54) is 12.8 Å². The summed E-state index contributed by atoms with van der Waals surface area (Å²) in [7, 11) is 0. The first kappa shape index (κ1) is 22.3. The second-order valence-electron chi connectivity index (χ2n) is 8.42. The maximum absolute atomic E-state index is 12.6. The number of piperazine rings is 1. The molecule has 174 valence electrons. The smallest absolute Gasteiger partial charge is 0.325 e. The second-order valence-corrected chi connectivity index (χ2v) is 8.42. The Kier molecular flexibility index (Phi) is 7.43. The Morgan fingerprint density at radius 1 is 0.812 bits per heavy atom. The average molecular weight is 446 g/mol. The number of fused-ring (bicyclic) bond motifs is 1. The van der Waals surface area contributed by atoms with E-state index in [0.29, 0.717) is 36.8 Å². The zero-order valence-electron chi connectivity index (χ0n) is 18.3. The van der Waals surface area contributed by atoms with Gasteiger partial charge in [-0.25, -0.2) is 4.79 Å². The number of carbonyl (C=O) groups is 3. The second kappa shape index (κ2) is 10.6. The summed E-state index contributed by atoms with van der Waals surface area (Å²) >= 11 is 0. The minimum Gasteiger partial charge on any atom is -0.454 e. The highest BCUT2D eigenvalue weighted by molar-refractivity contribution is 6.01. The van der Waals surface area contributed by atoms with E-state index in [-0.39, 0.29) is 25.2 Å². The van der Waals surface area contributed by atoms with Crippen LogP contribution in [-0.2, 0) is 9.59 Å². The average Bonchev–Trinajstić information content (AvgIpc) is 3.06. The third-order valence-electron chi connectivity index (χ3n) is 6.03. The van der Waals surface area contributed by atoms with Crippen LogP contribution in [0.25, 0.3) is 0 Å². The van der Waals surface area contributed by atoms with Gasteiger partial charge in [0.25, 0.3) is 0 Å². The normalized spacial score (nSPS) is 19.3. The fraction of sp³-hybridized carbons (Fsp3) is 0.591. The molecule has 4 amide bonds. The molecule has 3 aliphatic heterocycles. The zero-order valence-corrected chi connectivity index (χ0v) is 18.3. The molecule has 0 aliphatic carbocycles. The number of urea groups is 1. The SMILES string of the molecule is O=C(CN1CCN(CC(=O)N2CCCCCC2)CC1)NC(=O)Nc1ccc2c(c1)OCO2. The number of likely N-dealkylation sites (tertiary alicyclic amines) is 1. The zero-order chi connectivity index (χ0) is 22.3. The standard InChI is InChI=1S/C22H31N5O5/c28-20(24-22(30)23-17-5-6-18-19(13-17)32-16-31-18)14-25-9-11-26(12-10-25)15-21(29)27-7-3-1-2-4-8-27/h5-6,13H,1-4,7-12,14-16H2,(H2,23,24,28,30). The number of nitrogens with one attached hydrogen (secondary N) is 2. The summed E-state index contributed by atoms with van der Waals surface area (Å²) in [6, 6.07) is 4.45. The molecule has 3 heterocycles. The van der Waals surface area contributed by atoms with Crippen LogP contribution in [0.3, 0.4) is 0 Å². The van der Waals surface area contributed by atoms with Gasteiger partial charge in [0.1, 0.15) is 0 Å². The molecule has 0 aromatic heterocycles. The molecule has 1 aromatic carbocycles. The number of benzene rings is 1. The van der Waals surface area contributed by atoms with Gasteiger partial charge in [0.2, 0.25) is 18.6 Å². The molecule has 0 bridgehead atoms. The number of ether oxygens (including phenoxy) is 2. The van der Waals surface area contributed by atoms with E-state index in [2.05, 4.69) is 15.5 Å². The maximum atomic E-state index is 12.6. The molecule has 10 nitrogen and oxygen atoms in total. The van der Waals surface area contributed by atoms with Gasteiger partial charge in [-0.05, 0) is 25.0 Å². The molecular formula is C22H31N5O5. The number of nitrogens with zero attached hydrogens (tertiary/aromatic N) is 3. The van der Waals surface area contributed by atoms with E-state index in [1.54, 1.807) is 18.2 Å². The Morgan fingerprint density at radius 3 is 2.19 bits per heavy atom. The van der Waals surface area contributed by atoms with E-state index in [1.807, 2.05) is 9.80 Å². The highest BCUT2D eigenvalue weighted by Crippen LogP contribution is 2.34. The molecule has 3 aliphatic rings. The van der Waals surface area contributed by atoms with Crippen molar-refractivity contribution in [3.8, 4) is 11.5 Å². The van der Waals surface area contributed by atoms with Gasteiger partial charge in [-0.3, -0.25) is 24.7 Å². The van der Waals surface area contributed by atoms with Gasteiger partial charge in [0.15, 0.2) is 11.5 Å². The summed E-state index contributed by atoms with van der Waals surface area (Å²) < 4.78 is 10.5. The fourth-order valence-corrected chi connectivity index (χ4v) is 4.22. The van der Waals surface area contributed by atoms with Crippen LogP contribution in [0, 0.1) is 0 Å². The summed E-state index contributed by atoms with van der Waals surface area (Å²) in [5.41, 5.74) is 0.516. The van der Waals surface area contributed by atoms with Gasteiger partial charge in [0, 0.05) is 51.0 Å². The van der Waals surface area contributed by atoms with Crippen molar-refractivity contribution >= 4 is 23.5 Å². The van der Waals surface area contributed by atoms with Crippen molar-refractivity contribution in [1.82, 2.24) is 20.0 Å². The van der Waals surface area contributed by atoms with Crippen molar-refractivity contribution in [1.29, 1.82) is 0 Å². The first-order valence-corrected chi connectivity index (χ1v) is 11.3. The van der Waals surface area contributed by atoms with Gasteiger partial charge < -0.3 is 19.7 Å². The Morgan fingerprint density at radius 2 is 1.47 bits per heavy atom. The number of hydrogen-bond acceptors (Lipinski definition) is 7. The lowest BCUT2D eigenvalue weighted by Crippen LogP contribution is -2.52. The Bertz CT molecular complexity index is 832. The molecule has 10 heteroatoms. The largest absolute Gasteiger partial charge is 0.454 e. The molecule has 0 unspecified atom stereocenters. The van der Waals surface area contributed by atoms with Crippen molar-refractivity contribution in [3.05, 3.63) is 18.2 Å². The van der Waals surface area contributed by atoms with Crippen LogP contribution in [0.15, 0.2) is 18.2 Å². The van der Waals surface area contributed by atoms with Crippen LogP contribution in [0.5, 0.6) is 11.5 Å². The minimum absolute atomic E-state index is 0.141. The first-order valence-electron chi connectivity index (χ1n) is 11.3. The predicted molar refractivity (Wildman–Crippen MR) is 118 cm³/mol. The Labute approximate surface area is 187 Å². The molecule has 0 spiro atoms. The molecular weight excluding hydrogens is 414 g/mol. The molecule has 2 fully saturated rings. The summed E-state index contributed by atoms with van der Waals surface area (Å²) in [4.78, 5) is 43.1. The van der Waals surface area contributed by atoms with Crippen LogP contribution < -0.4 is 20.1 Å². The number of anilines is 1. The number of amides is 4. The number of imide groups is 1. The molecule has 0 radical (unpaired) electrons. The maximum Gasteiger partial charge on any atom is 0.325 e. The lowest BCUT2D eigenvalue weighted by Gasteiger charge is -2.34. The van der Waals surface area contributed by atoms with Crippen LogP contribution in [-0.4, -0.2) is 91.7 Å². The lowest BCUT2D eigenvalue weighted by molar-refractivity contribution is -0.133. The summed E-state index contributed by atoms with van der Waals surface area (Å²) in [5, 5.41) is 4.99. The highest BCUT2D eigenvalue weighted by atomic mass is 16.7. The third kappa shape index (κ3) is 6.10. The number of carbonyl (C=O) groups excluding carboxylic acids is 3. The number of hydrogen-bond donors (Lipinski definition) is 2. The molecule has 1 aromatic rings. The van der Waals surface area contributed by atoms with Crippen molar-refractivity contribution in [3.63, 3.8) is 0 Å². The molecule has 0 atom stereocenters. The van der Waals surface area contributed by atoms with Crippen LogP contribution in [0.1, 0.15) is 25.7 Å². The highest BCUT2D eigenvalue weighted by Gasteiger charge is 2.24. The van der Waals surface area contributed by atoms with Crippen LogP contribution >= 0.6 is 0 Å². The van der Waals surface area contributed by atoms with Gasteiger partial charge in [-0.2, -0.15) is 0 Å².